The molecule has 0 spiro atoms. The number of aromatic nitrogens is 3. The first-order chi connectivity index (χ1) is 13.5. The summed E-state index contributed by atoms with van der Waals surface area (Å²) in [6, 6.07) is 8.97. The van der Waals surface area contributed by atoms with Crippen LogP contribution in [0, 0.1) is 0 Å². The van der Waals surface area contributed by atoms with Crippen LogP contribution >= 0.6 is 22.7 Å². The van der Waals surface area contributed by atoms with E-state index < -0.39 is 5.97 Å². The van der Waals surface area contributed by atoms with Crippen LogP contribution in [0.3, 0.4) is 0 Å². The summed E-state index contributed by atoms with van der Waals surface area (Å²) in [6.45, 7) is 3.60. The summed E-state index contributed by atoms with van der Waals surface area (Å²) in [6.07, 6.45) is 1.74. The second kappa shape index (κ2) is 7.53. The van der Waals surface area contributed by atoms with Gasteiger partial charge in [-0.1, -0.05) is 23.5 Å². The van der Waals surface area contributed by atoms with E-state index in [-0.39, 0.29) is 5.56 Å². The standard InChI is InChI=1S/C19H15N3O4S2/c1-3-25-14-9-12(6-7-13(14)26-11(2)23)10-16-18(24)22-19(28-16)20-17(21-22)15-5-4-8-27-15/h4-10H,3H2,1-2H3/b16-10-. The van der Waals surface area contributed by atoms with E-state index in [0.717, 1.165) is 10.4 Å². The van der Waals surface area contributed by atoms with E-state index >= 15 is 0 Å². The lowest BCUT2D eigenvalue weighted by molar-refractivity contribution is -0.132. The Balaban J connectivity index is 1.74. The molecule has 142 valence electrons. The molecule has 7 nitrogen and oxygen atoms in total. The normalized spacial score (nSPS) is 11.9. The highest BCUT2D eigenvalue weighted by atomic mass is 32.1. The van der Waals surface area contributed by atoms with Crippen LogP contribution in [-0.2, 0) is 4.79 Å². The van der Waals surface area contributed by atoms with Gasteiger partial charge in [0.15, 0.2) is 17.3 Å². The molecule has 3 heterocycles. The minimum atomic E-state index is -0.424. The second-order valence-electron chi connectivity index (χ2n) is 5.76. The molecule has 0 aliphatic rings. The maximum Gasteiger partial charge on any atom is 0.308 e. The summed E-state index contributed by atoms with van der Waals surface area (Å²) in [5, 5.41) is 6.26. The van der Waals surface area contributed by atoms with E-state index in [1.54, 1.807) is 24.3 Å². The largest absolute Gasteiger partial charge is 0.490 e. The fourth-order valence-corrected chi connectivity index (χ4v) is 4.18. The average Bonchev–Trinajstić information content (AvgIpc) is 3.36. The van der Waals surface area contributed by atoms with Gasteiger partial charge in [0, 0.05) is 6.92 Å². The van der Waals surface area contributed by atoms with E-state index in [4.69, 9.17) is 9.47 Å². The third-order valence-corrected chi connectivity index (χ3v) is 5.57. The van der Waals surface area contributed by atoms with Crippen molar-refractivity contribution in [2.24, 2.45) is 0 Å². The molecule has 0 saturated heterocycles. The lowest BCUT2D eigenvalue weighted by atomic mass is 10.2. The SMILES string of the molecule is CCOc1cc(/C=c2\sc3nc(-c4cccs4)nn3c2=O)ccc1OC(C)=O. The molecule has 0 aliphatic heterocycles. The van der Waals surface area contributed by atoms with Gasteiger partial charge in [-0.05, 0) is 42.1 Å². The quantitative estimate of drug-likeness (QED) is 0.370. The molecule has 3 aromatic heterocycles. The van der Waals surface area contributed by atoms with Gasteiger partial charge in [-0.2, -0.15) is 9.50 Å². The van der Waals surface area contributed by atoms with Crippen molar-refractivity contribution in [1.29, 1.82) is 0 Å². The van der Waals surface area contributed by atoms with Crippen molar-refractivity contribution in [3.05, 3.63) is 56.2 Å². The summed E-state index contributed by atoms with van der Waals surface area (Å²) in [7, 11) is 0. The second-order valence-corrected chi connectivity index (χ2v) is 7.71. The molecule has 0 radical (unpaired) electrons. The van der Waals surface area contributed by atoms with Gasteiger partial charge in [-0.3, -0.25) is 9.59 Å². The predicted molar refractivity (Wildman–Crippen MR) is 108 cm³/mol. The molecule has 0 saturated carbocycles. The fourth-order valence-electron chi connectivity index (χ4n) is 2.62. The highest BCUT2D eigenvalue weighted by Crippen LogP contribution is 2.29. The smallest absolute Gasteiger partial charge is 0.308 e. The Morgan fingerprint density at radius 2 is 2.14 bits per heavy atom. The number of carbonyl (C=O) groups is 1. The Morgan fingerprint density at radius 3 is 2.82 bits per heavy atom. The summed E-state index contributed by atoms with van der Waals surface area (Å²) in [5.41, 5.74) is 0.525. The predicted octanol–water partition coefficient (Wildman–Crippen LogP) is 2.75. The van der Waals surface area contributed by atoms with Crippen molar-refractivity contribution >= 4 is 39.7 Å². The first-order valence-electron chi connectivity index (χ1n) is 8.45. The molecule has 9 heteroatoms. The lowest BCUT2D eigenvalue weighted by Gasteiger charge is -2.10. The van der Waals surface area contributed by atoms with Gasteiger partial charge in [-0.15, -0.1) is 16.4 Å². The third kappa shape index (κ3) is 3.54. The Labute approximate surface area is 167 Å². The minimum Gasteiger partial charge on any atom is -0.490 e. The number of thiophene rings is 1. The number of esters is 1. The molecule has 0 N–H and O–H groups in total. The van der Waals surface area contributed by atoms with E-state index in [2.05, 4.69) is 10.1 Å². The molecule has 0 bridgehead atoms. The van der Waals surface area contributed by atoms with Crippen LogP contribution in [0.5, 0.6) is 11.5 Å². The van der Waals surface area contributed by atoms with Gasteiger partial charge in [-0.25, -0.2) is 0 Å². The topological polar surface area (TPSA) is 82.8 Å². The molecule has 0 fully saturated rings. The number of rotatable bonds is 5. The van der Waals surface area contributed by atoms with E-state index in [0.29, 0.717) is 33.4 Å². The number of hydrogen-bond donors (Lipinski definition) is 0. The van der Waals surface area contributed by atoms with Gasteiger partial charge >= 0.3 is 5.97 Å². The van der Waals surface area contributed by atoms with Crippen molar-refractivity contribution in [2.45, 2.75) is 13.8 Å². The van der Waals surface area contributed by atoms with Crippen molar-refractivity contribution in [2.75, 3.05) is 6.61 Å². The monoisotopic (exact) mass is 413 g/mol. The molecular formula is C19H15N3O4S2. The molecule has 0 aliphatic carbocycles. The molecule has 4 aromatic rings. The average molecular weight is 413 g/mol. The molecule has 4 rings (SSSR count). The number of fused-ring (bicyclic) bond motifs is 1. The van der Waals surface area contributed by atoms with Crippen LogP contribution in [0.25, 0.3) is 21.7 Å². The minimum absolute atomic E-state index is 0.225. The highest BCUT2D eigenvalue weighted by molar-refractivity contribution is 7.15. The number of benzene rings is 1. The van der Waals surface area contributed by atoms with Gasteiger partial charge in [0.05, 0.1) is 16.0 Å². The van der Waals surface area contributed by atoms with E-state index in [9.17, 15) is 9.59 Å². The van der Waals surface area contributed by atoms with E-state index in [1.165, 1.54) is 34.1 Å². The number of carbonyl (C=O) groups excluding carboxylic acids is 1. The summed E-state index contributed by atoms with van der Waals surface area (Å²) in [4.78, 5) is 29.8. The van der Waals surface area contributed by atoms with Crippen LogP contribution in [0.2, 0.25) is 0 Å². The van der Waals surface area contributed by atoms with Crippen molar-refractivity contribution in [1.82, 2.24) is 14.6 Å². The van der Waals surface area contributed by atoms with Crippen LogP contribution in [0.1, 0.15) is 19.4 Å². The molecule has 0 amide bonds. The molecule has 0 unspecified atom stereocenters. The zero-order chi connectivity index (χ0) is 19.7. The van der Waals surface area contributed by atoms with Gasteiger partial charge in [0.1, 0.15) is 0 Å². The zero-order valence-corrected chi connectivity index (χ0v) is 16.7. The van der Waals surface area contributed by atoms with Crippen LogP contribution in [-0.4, -0.2) is 27.2 Å². The first-order valence-corrected chi connectivity index (χ1v) is 10.1. The molecule has 1 aromatic carbocycles. The third-order valence-electron chi connectivity index (χ3n) is 3.74. The van der Waals surface area contributed by atoms with Crippen molar-refractivity contribution in [3.63, 3.8) is 0 Å². The Kier molecular flexibility index (Phi) is 4.93. The fraction of sp³-hybridized carbons (Fsp3) is 0.158. The van der Waals surface area contributed by atoms with Gasteiger partial charge in [0.25, 0.3) is 5.56 Å². The van der Waals surface area contributed by atoms with Crippen molar-refractivity contribution < 1.29 is 14.3 Å². The molecule has 0 atom stereocenters. The Bertz CT molecular complexity index is 1260. The van der Waals surface area contributed by atoms with Crippen LogP contribution in [0.15, 0.2) is 40.5 Å². The first kappa shape index (κ1) is 18.3. The zero-order valence-electron chi connectivity index (χ0n) is 15.0. The van der Waals surface area contributed by atoms with Crippen LogP contribution < -0.4 is 19.6 Å². The number of ether oxygens (including phenoxy) is 2. The number of hydrogen-bond acceptors (Lipinski definition) is 8. The Hall–Kier alpha value is -3.04. The highest BCUT2D eigenvalue weighted by Gasteiger charge is 2.13. The number of thiazole rings is 1. The number of nitrogens with zero attached hydrogens (tertiary/aromatic N) is 3. The molecular weight excluding hydrogens is 398 g/mol. The van der Waals surface area contributed by atoms with Gasteiger partial charge < -0.3 is 9.47 Å². The molecule has 28 heavy (non-hydrogen) atoms. The van der Waals surface area contributed by atoms with Crippen molar-refractivity contribution in [3.8, 4) is 22.2 Å². The maximum absolute atomic E-state index is 12.7. The lowest BCUT2D eigenvalue weighted by Crippen LogP contribution is -2.23. The summed E-state index contributed by atoms with van der Waals surface area (Å²) >= 11 is 2.80. The van der Waals surface area contributed by atoms with E-state index in [1.807, 2.05) is 24.4 Å². The summed E-state index contributed by atoms with van der Waals surface area (Å²) in [5.74, 6) is 0.913. The maximum atomic E-state index is 12.7. The van der Waals surface area contributed by atoms with Crippen LogP contribution in [0.4, 0.5) is 0 Å². The Morgan fingerprint density at radius 1 is 1.29 bits per heavy atom. The summed E-state index contributed by atoms with van der Waals surface area (Å²) < 4.78 is 12.5. The van der Waals surface area contributed by atoms with Gasteiger partial charge in [0.2, 0.25) is 4.96 Å².